The molecule has 0 aromatic heterocycles. The summed E-state index contributed by atoms with van der Waals surface area (Å²) in [6, 6.07) is -0.0510. The van der Waals surface area contributed by atoms with Gasteiger partial charge in [0.2, 0.25) is 0 Å². The van der Waals surface area contributed by atoms with Crippen LogP contribution in [0.2, 0.25) is 0 Å². The summed E-state index contributed by atoms with van der Waals surface area (Å²) in [5.74, 6) is 0.501. The van der Waals surface area contributed by atoms with Crippen molar-refractivity contribution in [3.63, 3.8) is 0 Å². The van der Waals surface area contributed by atoms with E-state index < -0.39 is 0 Å². The third-order valence-electron chi connectivity index (χ3n) is 1.92. The van der Waals surface area contributed by atoms with Gasteiger partial charge < -0.3 is 10.1 Å². The number of nitrogens with one attached hydrogen (secondary N) is 1. The van der Waals surface area contributed by atoms with Crippen molar-refractivity contribution in [1.82, 2.24) is 5.32 Å². The van der Waals surface area contributed by atoms with E-state index in [9.17, 15) is 4.79 Å². The van der Waals surface area contributed by atoms with Gasteiger partial charge in [0.15, 0.2) is 0 Å². The molecule has 1 aliphatic rings. The van der Waals surface area contributed by atoms with Crippen LogP contribution in [-0.4, -0.2) is 25.2 Å². The van der Waals surface area contributed by atoms with Crippen molar-refractivity contribution < 1.29 is 9.53 Å². The van der Waals surface area contributed by atoms with Crippen molar-refractivity contribution >= 4 is 5.97 Å². The lowest BCUT2D eigenvalue weighted by molar-refractivity contribution is -0.145. The maximum Gasteiger partial charge on any atom is 0.323 e. The lowest BCUT2D eigenvalue weighted by Crippen LogP contribution is -2.32. The molecular formula is C8H15NO2. The predicted octanol–water partition coefficient (Wildman–Crippen LogP) is 0.547. The second-order valence-corrected chi connectivity index (χ2v) is 3.05. The number of rotatable bonds is 2. The molecule has 0 amide bonds. The predicted molar refractivity (Wildman–Crippen MR) is 42.2 cm³/mol. The molecule has 0 aromatic carbocycles. The van der Waals surface area contributed by atoms with Crippen LogP contribution in [0.1, 0.15) is 20.3 Å². The number of esters is 1. The quantitative estimate of drug-likeness (QED) is 0.595. The highest BCUT2D eigenvalue weighted by Gasteiger charge is 2.27. The first-order chi connectivity index (χ1) is 5.24. The van der Waals surface area contributed by atoms with Gasteiger partial charge in [-0.25, -0.2) is 0 Å². The van der Waals surface area contributed by atoms with Crippen molar-refractivity contribution in [2.24, 2.45) is 5.92 Å². The molecule has 0 aliphatic carbocycles. The second kappa shape index (κ2) is 3.72. The van der Waals surface area contributed by atoms with Crippen LogP contribution >= 0.6 is 0 Å². The summed E-state index contributed by atoms with van der Waals surface area (Å²) >= 11 is 0. The monoisotopic (exact) mass is 157 g/mol. The Morgan fingerprint density at radius 3 is 2.91 bits per heavy atom. The normalized spacial score (nSPS) is 30.4. The number of ether oxygens (including phenoxy) is 1. The molecule has 1 N–H and O–H groups in total. The number of hydrogen-bond donors (Lipinski definition) is 1. The standard InChI is InChI=1S/C8H15NO2/c1-3-11-8(10)7-4-6(2)5-9-7/h6-7,9H,3-5H2,1-2H3. The van der Waals surface area contributed by atoms with E-state index in [0.29, 0.717) is 12.5 Å². The maximum atomic E-state index is 11.1. The van der Waals surface area contributed by atoms with Gasteiger partial charge in [-0.2, -0.15) is 0 Å². The smallest absolute Gasteiger partial charge is 0.323 e. The third-order valence-corrected chi connectivity index (χ3v) is 1.92. The zero-order chi connectivity index (χ0) is 8.27. The summed E-state index contributed by atoms with van der Waals surface area (Å²) < 4.78 is 4.87. The van der Waals surface area contributed by atoms with Gasteiger partial charge in [0, 0.05) is 0 Å². The first kappa shape index (κ1) is 8.53. The topological polar surface area (TPSA) is 38.3 Å². The second-order valence-electron chi connectivity index (χ2n) is 3.05. The Hall–Kier alpha value is -0.570. The first-order valence-corrected chi connectivity index (χ1v) is 4.14. The van der Waals surface area contributed by atoms with Gasteiger partial charge >= 0.3 is 5.97 Å². The molecule has 0 spiro atoms. The van der Waals surface area contributed by atoms with Gasteiger partial charge in [-0.15, -0.1) is 0 Å². The molecule has 3 nitrogen and oxygen atoms in total. The molecule has 64 valence electrons. The van der Waals surface area contributed by atoms with Crippen LogP contribution in [0.3, 0.4) is 0 Å². The molecule has 0 saturated carbocycles. The Kier molecular flexibility index (Phi) is 2.88. The van der Waals surface area contributed by atoms with Gasteiger partial charge in [-0.05, 0) is 25.8 Å². The minimum atomic E-state index is -0.100. The van der Waals surface area contributed by atoms with Gasteiger partial charge in [-0.1, -0.05) is 6.92 Å². The molecule has 1 rings (SSSR count). The largest absolute Gasteiger partial charge is 0.465 e. The van der Waals surface area contributed by atoms with E-state index in [1.54, 1.807) is 0 Å². The van der Waals surface area contributed by atoms with Crippen molar-refractivity contribution in [1.29, 1.82) is 0 Å². The van der Waals surface area contributed by atoms with E-state index in [1.807, 2.05) is 6.92 Å². The van der Waals surface area contributed by atoms with Crippen LogP contribution in [-0.2, 0) is 9.53 Å². The zero-order valence-corrected chi connectivity index (χ0v) is 7.09. The summed E-state index contributed by atoms with van der Waals surface area (Å²) in [5, 5.41) is 3.12. The number of carbonyl (C=O) groups excluding carboxylic acids is 1. The van der Waals surface area contributed by atoms with E-state index in [4.69, 9.17) is 4.74 Å². The van der Waals surface area contributed by atoms with Crippen LogP contribution in [0, 0.1) is 5.92 Å². The zero-order valence-electron chi connectivity index (χ0n) is 7.09. The average Bonchev–Trinajstić information content (AvgIpc) is 2.36. The van der Waals surface area contributed by atoms with E-state index in [2.05, 4.69) is 12.2 Å². The molecule has 1 heterocycles. The molecule has 2 atom stereocenters. The Balaban J connectivity index is 2.31. The van der Waals surface area contributed by atoms with Gasteiger partial charge in [-0.3, -0.25) is 4.79 Å². The molecule has 1 fully saturated rings. The average molecular weight is 157 g/mol. The Morgan fingerprint density at radius 1 is 1.73 bits per heavy atom. The lowest BCUT2D eigenvalue weighted by Gasteiger charge is -2.07. The van der Waals surface area contributed by atoms with E-state index in [1.165, 1.54) is 0 Å². The molecular weight excluding hydrogens is 142 g/mol. The Labute approximate surface area is 67.1 Å². The van der Waals surface area contributed by atoms with Crippen molar-refractivity contribution in [2.75, 3.05) is 13.2 Å². The molecule has 2 unspecified atom stereocenters. The van der Waals surface area contributed by atoms with Crippen LogP contribution in [0.5, 0.6) is 0 Å². The fourth-order valence-electron chi connectivity index (χ4n) is 1.33. The molecule has 1 saturated heterocycles. The summed E-state index contributed by atoms with van der Waals surface area (Å²) in [6.45, 7) is 5.37. The summed E-state index contributed by atoms with van der Waals surface area (Å²) in [6.07, 6.45) is 0.916. The van der Waals surface area contributed by atoms with Crippen LogP contribution in [0.15, 0.2) is 0 Å². The van der Waals surface area contributed by atoms with E-state index >= 15 is 0 Å². The SMILES string of the molecule is CCOC(=O)C1CC(C)CN1. The molecule has 0 bridgehead atoms. The first-order valence-electron chi connectivity index (χ1n) is 4.14. The molecule has 0 radical (unpaired) electrons. The minimum absolute atomic E-state index is 0.0510. The third kappa shape index (κ3) is 2.19. The molecule has 0 aromatic rings. The lowest BCUT2D eigenvalue weighted by atomic mass is 10.1. The molecule has 1 aliphatic heterocycles. The van der Waals surface area contributed by atoms with Crippen LogP contribution < -0.4 is 5.32 Å². The molecule has 3 heteroatoms. The highest BCUT2D eigenvalue weighted by molar-refractivity contribution is 5.76. The number of carbonyl (C=O) groups is 1. The summed E-state index contributed by atoms with van der Waals surface area (Å²) in [5.41, 5.74) is 0. The fourth-order valence-corrected chi connectivity index (χ4v) is 1.33. The van der Waals surface area contributed by atoms with Gasteiger partial charge in [0.25, 0.3) is 0 Å². The minimum Gasteiger partial charge on any atom is -0.465 e. The van der Waals surface area contributed by atoms with Crippen molar-refractivity contribution in [2.45, 2.75) is 26.3 Å². The highest BCUT2D eigenvalue weighted by Crippen LogP contribution is 2.13. The van der Waals surface area contributed by atoms with Gasteiger partial charge in [0.1, 0.15) is 6.04 Å². The maximum absolute atomic E-state index is 11.1. The van der Waals surface area contributed by atoms with Crippen molar-refractivity contribution in [3.8, 4) is 0 Å². The summed E-state index contributed by atoms with van der Waals surface area (Å²) in [7, 11) is 0. The van der Waals surface area contributed by atoms with Gasteiger partial charge in [0.05, 0.1) is 6.61 Å². The van der Waals surface area contributed by atoms with E-state index in [-0.39, 0.29) is 12.0 Å². The Morgan fingerprint density at radius 2 is 2.45 bits per heavy atom. The van der Waals surface area contributed by atoms with Crippen LogP contribution in [0.25, 0.3) is 0 Å². The van der Waals surface area contributed by atoms with Crippen LogP contribution in [0.4, 0.5) is 0 Å². The fraction of sp³-hybridized carbons (Fsp3) is 0.875. The summed E-state index contributed by atoms with van der Waals surface area (Å²) in [4.78, 5) is 11.1. The molecule has 11 heavy (non-hydrogen) atoms. The van der Waals surface area contributed by atoms with Crippen molar-refractivity contribution in [3.05, 3.63) is 0 Å². The van der Waals surface area contributed by atoms with E-state index in [0.717, 1.165) is 13.0 Å². The Bertz CT molecular complexity index is 147. The number of hydrogen-bond acceptors (Lipinski definition) is 3. The highest BCUT2D eigenvalue weighted by atomic mass is 16.5.